The predicted octanol–water partition coefficient (Wildman–Crippen LogP) is 3.19. The largest absolute Gasteiger partial charge is 0.457 e. The number of hydrogen-bond acceptors (Lipinski definition) is 7. The number of hydrogen-bond donors (Lipinski definition) is 1. The lowest BCUT2D eigenvalue weighted by Crippen LogP contribution is -2.53. The fourth-order valence-corrected chi connectivity index (χ4v) is 4.82. The van der Waals surface area contributed by atoms with E-state index in [1.165, 1.54) is 0 Å². The molecule has 2 saturated heterocycles. The van der Waals surface area contributed by atoms with Crippen molar-refractivity contribution in [2.45, 2.75) is 6.04 Å². The van der Waals surface area contributed by atoms with Crippen LogP contribution in [-0.2, 0) is 9.53 Å². The van der Waals surface area contributed by atoms with Crippen molar-refractivity contribution in [1.82, 2.24) is 24.6 Å². The van der Waals surface area contributed by atoms with Gasteiger partial charge in [0.2, 0.25) is 5.91 Å². The van der Waals surface area contributed by atoms with Gasteiger partial charge in [-0.25, -0.2) is 0 Å². The molecule has 1 amide bonds. The van der Waals surface area contributed by atoms with E-state index in [9.17, 15) is 4.79 Å². The topological polar surface area (TPSA) is 98.7 Å². The maximum atomic E-state index is 12.6. The van der Waals surface area contributed by atoms with Crippen LogP contribution in [0.5, 0.6) is 11.5 Å². The molecule has 0 spiro atoms. The zero-order chi connectivity index (χ0) is 24.5. The lowest BCUT2D eigenvalue weighted by molar-refractivity contribution is -0.138. The number of nitrogen functional groups attached to an aromatic ring is 1. The van der Waals surface area contributed by atoms with Crippen LogP contribution in [0.1, 0.15) is 6.04 Å². The number of fused-ring (bicyclic) bond motifs is 1. The molecule has 9 heteroatoms. The highest BCUT2D eigenvalue weighted by molar-refractivity contribution is 6.01. The Bertz CT molecular complexity index is 1360. The Morgan fingerprint density at radius 1 is 1.00 bits per heavy atom. The molecule has 9 nitrogen and oxygen atoms in total. The summed E-state index contributed by atoms with van der Waals surface area (Å²) >= 11 is 0. The predicted molar refractivity (Wildman–Crippen MR) is 137 cm³/mol. The monoisotopic (exact) mass is 484 g/mol. The van der Waals surface area contributed by atoms with Gasteiger partial charge < -0.3 is 20.1 Å². The second kappa shape index (κ2) is 9.60. The number of nitrogens with two attached hydrogens (primary N) is 1. The van der Waals surface area contributed by atoms with Gasteiger partial charge in [0, 0.05) is 31.7 Å². The molecule has 4 heterocycles. The number of amides is 1. The highest BCUT2D eigenvalue weighted by Gasteiger charge is 2.33. The molecule has 2 aromatic carbocycles. The molecule has 0 aliphatic carbocycles. The molecule has 2 N–H and O–H groups in total. The molecule has 36 heavy (non-hydrogen) atoms. The van der Waals surface area contributed by atoms with Gasteiger partial charge in [0.05, 0.1) is 54.8 Å². The van der Waals surface area contributed by atoms with Gasteiger partial charge in [0.25, 0.3) is 0 Å². The van der Waals surface area contributed by atoms with Crippen LogP contribution in [0, 0.1) is 0 Å². The lowest BCUT2D eigenvalue weighted by Gasteiger charge is -2.40. The van der Waals surface area contributed by atoms with Crippen molar-refractivity contribution < 1.29 is 14.3 Å². The quantitative estimate of drug-likeness (QED) is 0.449. The minimum Gasteiger partial charge on any atom is -0.457 e. The van der Waals surface area contributed by atoms with E-state index in [2.05, 4.69) is 9.88 Å². The molecule has 0 atom stereocenters. The smallest absolute Gasteiger partial charge is 0.236 e. The summed E-state index contributed by atoms with van der Waals surface area (Å²) < 4.78 is 13.3. The Kier molecular flexibility index (Phi) is 6.00. The maximum absolute atomic E-state index is 12.6. The number of para-hydroxylation sites is 1. The number of likely N-dealkylation sites (tertiary alicyclic amines) is 1. The first-order chi connectivity index (χ1) is 17.7. The van der Waals surface area contributed by atoms with Crippen molar-refractivity contribution in [2.75, 3.05) is 51.7 Å². The number of anilines is 1. The number of benzene rings is 2. The molecule has 4 aromatic rings. The number of pyridine rings is 1. The molecule has 6 rings (SSSR count). The maximum Gasteiger partial charge on any atom is 0.236 e. The SMILES string of the molecule is Nc1cncc2c1c(-c1ccc(Oc3ccccc3)cc1)nn2C1CN(CC(=O)N2CCOCC2)C1. The van der Waals surface area contributed by atoms with Crippen LogP contribution in [0.4, 0.5) is 5.69 Å². The average molecular weight is 485 g/mol. The first kappa shape index (κ1) is 22.5. The van der Waals surface area contributed by atoms with E-state index in [0.717, 1.165) is 46.7 Å². The van der Waals surface area contributed by atoms with Gasteiger partial charge in [-0.05, 0) is 36.4 Å². The Hall–Kier alpha value is -3.95. The van der Waals surface area contributed by atoms with Gasteiger partial charge >= 0.3 is 0 Å². The molecule has 2 aliphatic heterocycles. The van der Waals surface area contributed by atoms with Crippen LogP contribution in [-0.4, -0.2) is 76.4 Å². The van der Waals surface area contributed by atoms with E-state index in [0.29, 0.717) is 38.5 Å². The molecule has 0 bridgehead atoms. The van der Waals surface area contributed by atoms with E-state index < -0.39 is 0 Å². The Labute approximate surface area is 209 Å². The van der Waals surface area contributed by atoms with Crippen LogP contribution in [0.25, 0.3) is 22.2 Å². The van der Waals surface area contributed by atoms with E-state index in [1.807, 2.05) is 70.4 Å². The highest BCUT2D eigenvalue weighted by atomic mass is 16.5. The average Bonchev–Trinajstić information content (AvgIpc) is 3.28. The summed E-state index contributed by atoms with van der Waals surface area (Å²) in [5.41, 5.74) is 9.63. The van der Waals surface area contributed by atoms with Gasteiger partial charge in [0.15, 0.2) is 0 Å². The number of nitrogens with zero attached hydrogens (tertiary/aromatic N) is 5. The van der Waals surface area contributed by atoms with Gasteiger partial charge in [-0.1, -0.05) is 18.2 Å². The summed E-state index contributed by atoms with van der Waals surface area (Å²) in [4.78, 5) is 21.0. The molecular formula is C27H28N6O3. The van der Waals surface area contributed by atoms with E-state index in [-0.39, 0.29) is 11.9 Å². The summed E-state index contributed by atoms with van der Waals surface area (Å²) in [6.45, 7) is 4.50. The van der Waals surface area contributed by atoms with Gasteiger partial charge in [-0.2, -0.15) is 5.10 Å². The van der Waals surface area contributed by atoms with Crippen molar-refractivity contribution >= 4 is 22.5 Å². The number of aromatic nitrogens is 3. The Morgan fingerprint density at radius 2 is 1.72 bits per heavy atom. The molecule has 0 radical (unpaired) electrons. The normalized spacial score (nSPS) is 16.7. The first-order valence-electron chi connectivity index (χ1n) is 12.2. The fourth-order valence-electron chi connectivity index (χ4n) is 4.82. The first-order valence-corrected chi connectivity index (χ1v) is 12.2. The van der Waals surface area contributed by atoms with Gasteiger partial charge in [-0.3, -0.25) is 19.4 Å². The molecule has 184 valence electrons. The summed E-state index contributed by atoms with van der Waals surface area (Å²) in [5.74, 6) is 1.70. The van der Waals surface area contributed by atoms with E-state index in [4.69, 9.17) is 20.3 Å². The van der Waals surface area contributed by atoms with Gasteiger partial charge in [-0.15, -0.1) is 0 Å². The van der Waals surface area contributed by atoms with E-state index in [1.54, 1.807) is 6.20 Å². The Morgan fingerprint density at radius 3 is 2.47 bits per heavy atom. The highest BCUT2D eigenvalue weighted by Crippen LogP contribution is 2.36. The van der Waals surface area contributed by atoms with Gasteiger partial charge in [0.1, 0.15) is 17.2 Å². The fraction of sp³-hybridized carbons (Fsp3) is 0.296. The van der Waals surface area contributed by atoms with Crippen LogP contribution >= 0.6 is 0 Å². The molecule has 0 saturated carbocycles. The second-order valence-electron chi connectivity index (χ2n) is 9.20. The zero-order valence-corrected chi connectivity index (χ0v) is 19.9. The summed E-state index contributed by atoms with van der Waals surface area (Å²) in [6.07, 6.45) is 3.48. The zero-order valence-electron chi connectivity index (χ0n) is 19.9. The number of carbonyl (C=O) groups excluding carboxylic acids is 1. The number of morpholine rings is 1. The lowest BCUT2D eigenvalue weighted by atomic mass is 10.1. The second-order valence-corrected chi connectivity index (χ2v) is 9.20. The summed E-state index contributed by atoms with van der Waals surface area (Å²) in [7, 11) is 0. The Balaban J connectivity index is 1.20. The third kappa shape index (κ3) is 4.38. The molecule has 2 fully saturated rings. The minimum atomic E-state index is 0.156. The molecular weight excluding hydrogens is 456 g/mol. The van der Waals surface area contributed by atoms with Crippen LogP contribution in [0.3, 0.4) is 0 Å². The van der Waals surface area contributed by atoms with Crippen molar-refractivity contribution in [2.24, 2.45) is 0 Å². The number of ether oxygens (including phenoxy) is 2. The molecule has 0 unspecified atom stereocenters. The van der Waals surface area contributed by atoms with Crippen LogP contribution < -0.4 is 10.5 Å². The van der Waals surface area contributed by atoms with E-state index >= 15 is 0 Å². The van der Waals surface area contributed by atoms with Crippen LogP contribution in [0.2, 0.25) is 0 Å². The molecule has 2 aliphatic rings. The summed E-state index contributed by atoms with van der Waals surface area (Å²) in [6, 6.07) is 17.7. The standard InChI is InChI=1S/C27H28N6O3/c28-23-14-29-15-24-26(23)27(19-6-8-22(9-7-19)36-21-4-2-1-3-5-21)30-33(24)20-16-31(17-20)18-25(34)32-10-12-35-13-11-32/h1-9,14-15,20H,10-13,16-18,28H2. The van der Waals surface area contributed by atoms with Crippen molar-refractivity contribution in [3.8, 4) is 22.8 Å². The van der Waals surface area contributed by atoms with Crippen molar-refractivity contribution in [1.29, 1.82) is 0 Å². The molecule has 2 aromatic heterocycles. The van der Waals surface area contributed by atoms with Crippen LogP contribution in [0.15, 0.2) is 67.0 Å². The third-order valence-electron chi connectivity index (χ3n) is 6.76. The summed E-state index contributed by atoms with van der Waals surface area (Å²) in [5, 5.41) is 5.87. The van der Waals surface area contributed by atoms with Crippen molar-refractivity contribution in [3.63, 3.8) is 0 Å². The van der Waals surface area contributed by atoms with Crippen molar-refractivity contribution in [3.05, 3.63) is 67.0 Å². The number of rotatable bonds is 6. The minimum absolute atomic E-state index is 0.156. The number of carbonyl (C=O) groups is 1. The third-order valence-corrected chi connectivity index (χ3v) is 6.76.